The zero-order valence-electron chi connectivity index (χ0n) is 18.9. The summed E-state index contributed by atoms with van der Waals surface area (Å²) in [4.78, 5) is 28.1. The molecule has 0 fully saturated rings. The van der Waals surface area contributed by atoms with Gasteiger partial charge in [-0.3, -0.25) is 14.3 Å². The smallest absolute Gasteiger partial charge is 0.246 e. The van der Waals surface area contributed by atoms with Crippen LogP contribution in [0.15, 0.2) is 72.9 Å². The first-order chi connectivity index (χ1) is 15.5. The van der Waals surface area contributed by atoms with Crippen molar-refractivity contribution in [3.8, 4) is 11.3 Å². The number of rotatable bonds is 9. The van der Waals surface area contributed by atoms with Crippen LogP contribution in [0, 0.1) is 0 Å². The molecule has 0 bridgehead atoms. The number of likely N-dealkylation sites (N-methyl/N-ethyl adjacent to an activating group) is 2. The molecule has 0 spiro atoms. The number of aromatic nitrogens is 2. The van der Waals surface area contributed by atoms with Crippen LogP contribution < -0.4 is 0 Å². The Kier molecular flexibility index (Phi) is 7.97. The summed E-state index contributed by atoms with van der Waals surface area (Å²) in [6, 6.07) is 20.0. The second-order valence-electron chi connectivity index (χ2n) is 7.58. The Morgan fingerprint density at radius 2 is 1.59 bits per heavy atom. The van der Waals surface area contributed by atoms with E-state index in [9.17, 15) is 9.59 Å². The molecule has 166 valence electrons. The number of nitrogens with zero attached hydrogens (tertiary/aromatic N) is 4. The van der Waals surface area contributed by atoms with E-state index >= 15 is 0 Å². The lowest BCUT2D eigenvalue weighted by molar-refractivity contribution is -0.136. The van der Waals surface area contributed by atoms with Gasteiger partial charge in [-0.15, -0.1) is 0 Å². The van der Waals surface area contributed by atoms with E-state index in [-0.39, 0.29) is 18.4 Å². The van der Waals surface area contributed by atoms with E-state index < -0.39 is 0 Å². The average molecular weight is 431 g/mol. The number of carbonyl (C=O) groups is 2. The molecule has 0 saturated carbocycles. The Morgan fingerprint density at radius 3 is 2.22 bits per heavy atom. The monoisotopic (exact) mass is 430 g/mol. The van der Waals surface area contributed by atoms with Gasteiger partial charge in [0.25, 0.3) is 0 Å². The lowest BCUT2D eigenvalue weighted by Crippen LogP contribution is -2.40. The number of carbonyl (C=O) groups excluding carboxylic acids is 2. The molecule has 1 aromatic heterocycles. The van der Waals surface area contributed by atoms with Gasteiger partial charge in [-0.25, -0.2) is 0 Å². The maximum absolute atomic E-state index is 12.6. The largest absolute Gasteiger partial charge is 0.342 e. The molecule has 0 aliphatic carbocycles. The molecule has 2 amide bonds. The molecule has 0 unspecified atom stereocenters. The fourth-order valence-electron chi connectivity index (χ4n) is 3.48. The van der Waals surface area contributed by atoms with Gasteiger partial charge >= 0.3 is 0 Å². The Morgan fingerprint density at radius 1 is 0.969 bits per heavy atom. The second kappa shape index (κ2) is 11.1. The lowest BCUT2D eigenvalue weighted by atomic mass is 10.1. The van der Waals surface area contributed by atoms with Crippen molar-refractivity contribution in [2.45, 2.75) is 20.4 Å². The van der Waals surface area contributed by atoms with E-state index in [1.165, 1.54) is 11.0 Å². The van der Waals surface area contributed by atoms with Gasteiger partial charge in [0.15, 0.2) is 0 Å². The summed E-state index contributed by atoms with van der Waals surface area (Å²) in [7, 11) is 1.64. The van der Waals surface area contributed by atoms with Crippen LogP contribution in [0.1, 0.15) is 25.0 Å². The molecule has 0 aliphatic heterocycles. The predicted octanol–water partition coefficient (Wildman–Crippen LogP) is 3.94. The van der Waals surface area contributed by atoms with Gasteiger partial charge in [0.1, 0.15) is 0 Å². The summed E-state index contributed by atoms with van der Waals surface area (Å²) in [5.41, 5.74) is 3.80. The highest BCUT2D eigenvalue weighted by atomic mass is 16.2. The van der Waals surface area contributed by atoms with Gasteiger partial charge in [-0.2, -0.15) is 5.10 Å². The Hall–Kier alpha value is -3.67. The number of amides is 2. The first-order valence-corrected chi connectivity index (χ1v) is 10.9. The molecule has 0 saturated heterocycles. The molecule has 0 radical (unpaired) electrons. The second-order valence-corrected chi connectivity index (χ2v) is 7.58. The highest BCUT2D eigenvalue weighted by molar-refractivity contribution is 5.95. The summed E-state index contributed by atoms with van der Waals surface area (Å²) in [5.74, 6) is -0.278. The molecule has 0 aliphatic rings. The molecule has 2 aromatic carbocycles. The van der Waals surface area contributed by atoms with Gasteiger partial charge in [0, 0.05) is 43.5 Å². The van der Waals surface area contributed by atoms with Gasteiger partial charge in [-0.05, 0) is 25.5 Å². The van der Waals surface area contributed by atoms with Gasteiger partial charge in [0.2, 0.25) is 11.8 Å². The average Bonchev–Trinajstić information content (AvgIpc) is 3.22. The van der Waals surface area contributed by atoms with E-state index in [0.717, 1.165) is 22.4 Å². The van der Waals surface area contributed by atoms with Crippen LogP contribution in [0.2, 0.25) is 0 Å². The normalized spacial score (nSPS) is 11.0. The molecule has 32 heavy (non-hydrogen) atoms. The molecule has 0 N–H and O–H groups in total. The van der Waals surface area contributed by atoms with Crippen molar-refractivity contribution in [3.05, 3.63) is 84.1 Å². The zero-order chi connectivity index (χ0) is 22.9. The lowest BCUT2D eigenvalue weighted by Gasteiger charge is -2.22. The zero-order valence-corrected chi connectivity index (χ0v) is 18.9. The van der Waals surface area contributed by atoms with Crippen LogP contribution in [0.3, 0.4) is 0 Å². The summed E-state index contributed by atoms with van der Waals surface area (Å²) in [6.45, 7) is 5.83. The van der Waals surface area contributed by atoms with E-state index in [0.29, 0.717) is 19.6 Å². The topological polar surface area (TPSA) is 58.4 Å². The van der Waals surface area contributed by atoms with Crippen LogP contribution in [-0.2, 0) is 16.1 Å². The van der Waals surface area contributed by atoms with Crippen molar-refractivity contribution in [1.29, 1.82) is 0 Å². The maximum Gasteiger partial charge on any atom is 0.246 e. The number of benzene rings is 2. The molecule has 6 nitrogen and oxygen atoms in total. The summed E-state index contributed by atoms with van der Waals surface area (Å²) >= 11 is 0. The van der Waals surface area contributed by atoms with Crippen molar-refractivity contribution >= 4 is 17.9 Å². The van der Waals surface area contributed by atoms with Crippen LogP contribution in [0.4, 0.5) is 0 Å². The molecular weight excluding hydrogens is 400 g/mol. The minimum atomic E-state index is -0.222. The van der Waals surface area contributed by atoms with E-state index in [2.05, 4.69) is 12.1 Å². The Labute approximate surface area is 189 Å². The van der Waals surface area contributed by atoms with Crippen molar-refractivity contribution in [1.82, 2.24) is 19.6 Å². The van der Waals surface area contributed by atoms with E-state index in [1.807, 2.05) is 73.3 Å². The fraction of sp³-hybridized carbons (Fsp3) is 0.269. The Balaban J connectivity index is 1.80. The van der Waals surface area contributed by atoms with Crippen molar-refractivity contribution in [2.75, 3.05) is 26.7 Å². The van der Waals surface area contributed by atoms with Gasteiger partial charge in [-0.1, -0.05) is 60.7 Å². The van der Waals surface area contributed by atoms with Crippen LogP contribution in [0.25, 0.3) is 17.3 Å². The van der Waals surface area contributed by atoms with Crippen LogP contribution in [-0.4, -0.2) is 58.1 Å². The SMILES string of the molecule is CCN(CC)C(=O)CN(C)C(=O)/C=C/c1cn(Cc2ccccc2)nc1-c1ccccc1. The summed E-state index contributed by atoms with van der Waals surface area (Å²) < 4.78 is 1.88. The maximum atomic E-state index is 12.6. The third kappa shape index (κ3) is 5.94. The molecule has 3 rings (SSSR count). The first-order valence-electron chi connectivity index (χ1n) is 10.9. The fourth-order valence-corrected chi connectivity index (χ4v) is 3.48. The third-order valence-corrected chi connectivity index (χ3v) is 5.29. The standard InChI is InChI=1S/C26H30N4O2/c1-4-29(5-2)25(32)20-28(3)24(31)17-16-23-19-30(18-21-12-8-6-9-13-21)27-26(23)22-14-10-7-11-15-22/h6-17,19H,4-5,18,20H2,1-3H3/b17-16+. The Bertz CT molecular complexity index is 1050. The minimum absolute atomic E-state index is 0.0556. The predicted molar refractivity (Wildman–Crippen MR) is 128 cm³/mol. The summed E-state index contributed by atoms with van der Waals surface area (Å²) in [5, 5.41) is 4.77. The number of hydrogen-bond acceptors (Lipinski definition) is 3. The molecular formula is C26H30N4O2. The molecule has 0 atom stereocenters. The van der Waals surface area contributed by atoms with Gasteiger partial charge in [0.05, 0.1) is 18.8 Å². The highest BCUT2D eigenvalue weighted by Gasteiger charge is 2.15. The van der Waals surface area contributed by atoms with E-state index in [4.69, 9.17) is 5.10 Å². The quantitative estimate of drug-likeness (QED) is 0.483. The molecule has 3 aromatic rings. The van der Waals surface area contributed by atoms with Crippen molar-refractivity contribution in [3.63, 3.8) is 0 Å². The molecule has 1 heterocycles. The van der Waals surface area contributed by atoms with Crippen LogP contribution in [0.5, 0.6) is 0 Å². The highest BCUT2D eigenvalue weighted by Crippen LogP contribution is 2.23. The first kappa shape index (κ1) is 23.0. The van der Waals surface area contributed by atoms with Crippen molar-refractivity contribution in [2.24, 2.45) is 0 Å². The van der Waals surface area contributed by atoms with E-state index in [1.54, 1.807) is 18.0 Å². The minimum Gasteiger partial charge on any atom is -0.342 e. The third-order valence-electron chi connectivity index (χ3n) is 5.29. The number of hydrogen-bond donors (Lipinski definition) is 0. The van der Waals surface area contributed by atoms with Gasteiger partial charge < -0.3 is 9.80 Å². The van der Waals surface area contributed by atoms with Crippen LogP contribution >= 0.6 is 0 Å². The van der Waals surface area contributed by atoms with Crippen molar-refractivity contribution < 1.29 is 9.59 Å². The molecule has 6 heteroatoms. The summed E-state index contributed by atoms with van der Waals surface area (Å²) in [6.07, 6.45) is 5.23.